The molecule has 172 valence electrons. The van der Waals surface area contributed by atoms with E-state index < -0.39 is 0 Å². The van der Waals surface area contributed by atoms with Gasteiger partial charge in [0.25, 0.3) is 0 Å². The number of amides is 2. The van der Waals surface area contributed by atoms with E-state index in [-0.39, 0.29) is 35.8 Å². The summed E-state index contributed by atoms with van der Waals surface area (Å²) in [5, 5.41) is 2.82. The van der Waals surface area contributed by atoms with E-state index in [9.17, 15) is 18.4 Å². The zero-order valence-electron chi connectivity index (χ0n) is 18.9. The minimum absolute atomic E-state index is 0.0147. The number of carbonyl (C=O) groups is 2. The van der Waals surface area contributed by atoms with Gasteiger partial charge in [-0.2, -0.15) is 0 Å². The topological polar surface area (TPSA) is 49.4 Å². The van der Waals surface area contributed by atoms with Crippen LogP contribution in [0.5, 0.6) is 0 Å². The zero-order chi connectivity index (χ0) is 23.8. The van der Waals surface area contributed by atoms with Crippen molar-refractivity contribution in [1.82, 2.24) is 5.32 Å². The summed E-state index contributed by atoms with van der Waals surface area (Å²) < 4.78 is 26.3. The van der Waals surface area contributed by atoms with Crippen molar-refractivity contribution < 1.29 is 18.4 Å². The van der Waals surface area contributed by atoms with E-state index in [1.807, 2.05) is 38.1 Å². The molecule has 0 spiro atoms. The van der Waals surface area contributed by atoms with Gasteiger partial charge in [-0.15, -0.1) is 0 Å². The molecule has 4 nitrogen and oxygen atoms in total. The largest absolute Gasteiger partial charge is 0.352 e. The Bertz CT molecular complexity index is 1060. The summed E-state index contributed by atoms with van der Waals surface area (Å²) in [5.74, 6) is -0.589. The van der Waals surface area contributed by atoms with Gasteiger partial charge in [0.05, 0.1) is 13.0 Å². The Morgan fingerprint density at radius 3 is 1.85 bits per heavy atom. The van der Waals surface area contributed by atoms with Gasteiger partial charge in [0.1, 0.15) is 11.6 Å². The van der Waals surface area contributed by atoms with Crippen LogP contribution in [0.2, 0.25) is 0 Å². The summed E-state index contributed by atoms with van der Waals surface area (Å²) in [6.45, 7) is 4.64. The average Bonchev–Trinajstić information content (AvgIpc) is 2.78. The molecular formula is C27H28F2N2O2. The third-order valence-electron chi connectivity index (χ3n) is 5.15. The fraction of sp³-hybridized carbons (Fsp3) is 0.259. The molecule has 3 aromatic carbocycles. The molecule has 0 aliphatic carbocycles. The van der Waals surface area contributed by atoms with Gasteiger partial charge in [0.15, 0.2) is 0 Å². The Morgan fingerprint density at radius 2 is 1.30 bits per heavy atom. The molecule has 3 rings (SSSR count). The van der Waals surface area contributed by atoms with Crippen LogP contribution in [0.4, 0.5) is 14.5 Å². The number of nitrogens with zero attached hydrogens (tertiary/aromatic N) is 1. The lowest BCUT2D eigenvalue weighted by molar-refractivity contribution is -0.121. The second-order valence-corrected chi connectivity index (χ2v) is 8.45. The highest BCUT2D eigenvalue weighted by molar-refractivity contribution is 5.93. The fourth-order valence-electron chi connectivity index (χ4n) is 3.40. The Balaban J connectivity index is 1.65. The van der Waals surface area contributed by atoms with E-state index in [1.165, 1.54) is 24.3 Å². The van der Waals surface area contributed by atoms with Crippen LogP contribution in [0.15, 0.2) is 72.8 Å². The third kappa shape index (κ3) is 7.52. The van der Waals surface area contributed by atoms with Crippen LogP contribution in [0.3, 0.4) is 0 Å². The zero-order valence-corrected chi connectivity index (χ0v) is 18.9. The van der Waals surface area contributed by atoms with Crippen LogP contribution in [-0.4, -0.2) is 11.8 Å². The number of nitrogens with one attached hydrogen (secondary N) is 1. The van der Waals surface area contributed by atoms with Crippen molar-refractivity contribution >= 4 is 17.5 Å². The first kappa shape index (κ1) is 24.1. The van der Waals surface area contributed by atoms with Crippen molar-refractivity contribution in [3.63, 3.8) is 0 Å². The highest BCUT2D eigenvalue weighted by atomic mass is 19.1. The maximum Gasteiger partial charge on any atom is 0.227 e. The molecule has 0 heterocycles. The molecule has 1 N–H and O–H groups in total. The molecule has 0 aliphatic heterocycles. The molecule has 6 heteroatoms. The summed E-state index contributed by atoms with van der Waals surface area (Å²) in [6, 6.07) is 19.4. The van der Waals surface area contributed by atoms with E-state index in [4.69, 9.17) is 0 Å². The van der Waals surface area contributed by atoms with Crippen molar-refractivity contribution in [2.45, 2.75) is 39.8 Å². The van der Waals surface area contributed by atoms with Crippen LogP contribution in [0, 0.1) is 17.6 Å². The quantitative estimate of drug-likeness (QED) is 0.474. The number of rotatable bonds is 9. The Labute approximate surface area is 193 Å². The lowest BCUT2D eigenvalue weighted by atomic mass is 10.1. The predicted molar refractivity (Wildman–Crippen MR) is 125 cm³/mol. The molecule has 33 heavy (non-hydrogen) atoms. The van der Waals surface area contributed by atoms with Gasteiger partial charge in [0.2, 0.25) is 11.8 Å². The molecular weight excluding hydrogens is 422 g/mol. The van der Waals surface area contributed by atoms with Gasteiger partial charge in [-0.25, -0.2) is 8.78 Å². The highest BCUT2D eigenvalue weighted by Gasteiger charge is 2.18. The van der Waals surface area contributed by atoms with Crippen LogP contribution in [-0.2, 0) is 29.1 Å². The van der Waals surface area contributed by atoms with Crippen LogP contribution in [0.1, 0.15) is 37.0 Å². The second kappa shape index (κ2) is 11.4. The van der Waals surface area contributed by atoms with Gasteiger partial charge >= 0.3 is 0 Å². The highest BCUT2D eigenvalue weighted by Crippen LogP contribution is 2.21. The van der Waals surface area contributed by atoms with Gasteiger partial charge in [-0.05, 0) is 59.0 Å². The number of carbonyl (C=O) groups excluding carboxylic acids is 2. The molecule has 0 atom stereocenters. The molecule has 0 unspecified atom stereocenters. The summed E-state index contributed by atoms with van der Waals surface area (Å²) in [7, 11) is 0. The van der Waals surface area contributed by atoms with Crippen molar-refractivity contribution in [3.8, 4) is 0 Å². The maximum atomic E-state index is 13.3. The lowest BCUT2D eigenvalue weighted by Crippen LogP contribution is -2.31. The van der Waals surface area contributed by atoms with E-state index in [2.05, 4.69) is 5.32 Å². The molecule has 0 bridgehead atoms. The van der Waals surface area contributed by atoms with E-state index in [1.54, 1.807) is 29.2 Å². The van der Waals surface area contributed by atoms with Gasteiger partial charge in [-0.3, -0.25) is 9.59 Å². The number of halogens is 2. The van der Waals surface area contributed by atoms with Crippen molar-refractivity contribution in [1.29, 1.82) is 0 Å². The first-order chi connectivity index (χ1) is 15.8. The second-order valence-electron chi connectivity index (χ2n) is 8.45. The molecule has 3 aromatic rings. The van der Waals surface area contributed by atoms with E-state index in [0.717, 1.165) is 22.4 Å². The molecule has 0 fully saturated rings. The van der Waals surface area contributed by atoms with Crippen LogP contribution >= 0.6 is 0 Å². The minimum Gasteiger partial charge on any atom is -0.352 e. The Kier molecular flexibility index (Phi) is 8.30. The SMILES string of the molecule is CC(C)CC(=O)N(Cc1ccc(F)cc1)c1ccc(CC(=O)NCc2ccc(F)cc2)cc1. The summed E-state index contributed by atoms with van der Waals surface area (Å²) in [6.07, 6.45) is 0.591. The average molecular weight is 451 g/mol. The fourth-order valence-corrected chi connectivity index (χ4v) is 3.40. The third-order valence-corrected chi connectivity index (χ3v) is 5.15. The maximum absolute atomic E-state index is 13.3. The molecule has 0 aliphatic rings. The number of anilines is 1. The van der Waals surface area contributed by atoms with Gasteiger partial charge in [0, 0.05) is 18.7 Å². The van der Waals surface area contributed by atoms with E-state index >= 15 is 0 Å². The van der Waals surface area contributed by atoms with Crippen LogP contribution in [0.25, 0.3) is 0 Å². The van der Waals surface area contributed by atoms with Crippen molar-refractivity contribution in [2.24, 2.45) is 5.92 Å². The van der Waals surface area contributed by atoms with Crippen molar-refractivity contribution in [2.75, 3.05) is 4.90 Å². The molecule has 0 aromatic heterocycles. The summed E-state index contributed by atoms with van der Waals surface area (Å²) in [4.78, 5) is 26.9. The normalized spacial score (nSPS) is 10.8. The number of hydrogen-bond acceptors (Lipinski definition) is 2. The van der Waals surface area contributed by atoms with Gasteiger partial charge in [-0.1, -0.05) is 50.2 Å². The van der Waals surface area contributed by atoms with E-state index in [0.29, 0.717) is 19.5 Å². The standard InChI is InChI=1S/C27H28F2N2O2/c1-19(2)15-27(33)31(18-22-5-11-24(29)12-6-22)25-13-7-20(8-14-25)16-26(32)30-17-21-3-9-23(28)10-4-21/h3-14,19H,15-18H2,1-2H3,(H,30,32). The Morgan fingerprint density at radius 1 is 0.788 bits per heavy atom. The molecule has 0 saturated carbocycles. The molecule has 0 saturated heterocycles. The summed E-state index contributed by atoms with van der Waals surface area (Å²) in [5.41, 5.74) is 3.19. The smallest absolute Gasteiger partial charge is 0.227 e. The predicted octanol–water partition coefficient (Wildman–Crippen LogP) is 5.40. The molecule has 2 amide bonds. The first-order valence-electron chi connectivity index (χ1n) is 10.9. The minimum atomic E-state index is -0.319. The summed E-state index contributed by atoms with van der Waals surface area (Å²) >= 11 is 0. The monoisotopic (exact) mass is 450 g/mol. The van der Waals surface area contributed by atoms with Crippen LogP contribution < -0.4 is 10.2 Å². The first-order valence-corrected chi connectivity index (χ1v) is 10.9. The molecule has 0 radical (unpaired) electrons. The number of benzene rings is 3. The number of hydrogen-bond donors (Lipinski definition) is 1. The Hall–Kier alpha value is -3.54. The van der Waals surface area contributed by atoms with Crippen molar-refractivity contribution in [3.05, 3.63) is 101 Å². The lowest BCUT2D eigenvalue weighted by Gasteiger charge is -2.24. The van der Waals surface area contributed by atoms with Gasteiger partial charge < -0.3 is 10.2 Å².